The van der Waals surface area contributed by atoms with E-state index in [1.807, 2.05) is 12.1 Å². The standard InChI is InChI=1S/C27H31ClN4O3/c1-17(2)18-8-10-19(11-9-18)26-31-25(35-32-26)15-14-24(33)29-21-12-13-23(28)22(16-21)27(34)30-20-6-4-3-5-7-20/h8-13,16-17,20H,3-7,14-15H2,1-2H3,(H,29,33)(H,30,34). The van der Waals surface area contributed by atoms with E-state index >= 15 is 0 Å². The molecule has 2 aromatic carbocycles. The molecule has 1 aliphatic carbocycles. The van der Waals surface area contributed by atoms with Gasteiger partial charge in [-0.1, -0.05) is 74.1 Å². The van der Waals surface area contributed by atoms with Crippen molar-refractivity contribution in [3.05, 3.63) is 64.5 Å². The Morgan fingerprint density at radius 2 is 1.83 bits per heavy atom. The van der Waals surface area contributed by atoms with Crippen molar-refractivity contribution in [3.8, 4) is 11.4 Å². The second-order valence-electron chi connectivity index (χ2n) is 9.34. The van der Waals surface area contributed by atoms with E-state index < -0.39 is 0 Å². The van der Waals surface area contributed by atoms with Gasteiger partial charge in [0.15, 0.2) is 0 Å². The highest BCUT2D eigenvalue weighted by molar-refractivity contribution is 6.34. The number of aryl methyl sites for hydroxylation is 1. The first-order valence-electron chi connectivity index (χ1n) is 12.2. The quantitative estimate of drug-likeness (QED) is 0.391. The summed E-state index contributed by atoms with van der Waals surface area (Å²) in [5.41, 5.74) is 2.99. The molecule has 35 heavy (non-hydrogen) atoms. The number of aromatic nitrogens is 2. The number of amides is 2. The monoisotopic (exact) mass is 494 g/mol. The SMILES string of the molecule is CC(C)c1ccc(-c2noc(CCC(=O)Nc3ccc(Cl)c(C(=O)NC4CCCCC4)c3)n2)cc1. The fourth-order valence-corrected chi connectivity index (χ4v) is 4.43. The Morgan fingerprint density at radius 3 is 2.54 bits per heavy atom. The van der Waals surface area contributed by atoms with Crippen LogP contribution in [0, 0.1) is 0 Å². The highest BCUT2D eigenvalue weighted by Crippen LogP contribution is 2.24. The summed E-state index contributed by atoms with van der Waals surface area (Å²) in [6, 6.07) is 13.2. The lowest BCUT2D eigenvalue weighted by atomic mass is 9.95. The molecular weight excluding hydrogens is 464 g/mol. The number of hydrogen-bond acceptors (Lipinski definition) is 5. The average molecular weight is 495 g/mol. The van der Waals surface area contributed by atoms with Gasteiger partial charge >= 0.3 is 0 Å². The van der Waals surface area contributed by atoms with E-state index in [2.05, 4.69) is 46.8 Å². The maximum absolute atomic E-state index is 12.7. The molecule has 2 N–H and O–H groups in total. The molecule has 7 nitrogen and oxygen atoms in total. The summed E-state index contributed by atoms with van der Waals surface area (Å²) in [5.74, 6) is 0.921. The van der Waals surface area contributed by atoms with Gasteiger partial charge in [-0.2, -0.15) is 4.98 Å². The summed E-state index contributed by atoms with van der Waals surface area (Å²) >= 11 is 6.26. The number of hydrogen-bond donors (Lipinski definition) is 2. The summed E-state index contributed by atoms with van der Waals surface area (Å²) in [7, 11) is 0. The molecule has 0 aliphatic heterocycles. The second kappa shape index (κ2) is 11.5. The Labute approximate surface area is 210 Å². The van der Waals surface area contributed by atoms with Gasteiger partial charge in [0.25, 0.3) is 5.91 Å². The molecule has 0 saturated heterocycles. The number of anilines is 1. The largest absolute Gasteiger partial charge is 0.349 e. The number of halogens is 1. The molecule has 1 heterocycles. The van der Waals surface area contributed by atoms with Gasteiger partial charge in [0, 0.05) is 30.1 Å². The molecular formula is C27H31ClN4O3. The molecule has 0 spiro atoms. The molecule has 1 fully saturated rings. The molecule has 0 atom stereocenters. The van der Waals surface area contributed by atoms with Crippen LogP contribution in [0.4, 0.5) is 5.69 Å². The molecule has 1 aromatic heterocycles. The third-order valence-corrected chi connectivity index (χ3v) is 6.63. The van der Waals surface area contributed by atoms with E-state index in [1.54, 1.807) is 18.2 Å². The highest BCUT2D eigenvalue weighted by Gasteiger charge is 2.19. The third kappa shape index (κ3) is 6.69. The first kappa shape index (κ1) is 24.9. The Balaban J connectivity index is 1.32. The van der Waals surface area contributed by atoms with Crippen molar-refractivity contribution < 1.29 is 14.1 Å². The van der Waals surface area contributed by atoms with Crippen molar-refractivity contribution in [1.29, 1.82) is 0 Å². The van der Waals surface area contributed by atoms with Gasteiger partial charge in [-0.05, 0) is 42.5 Å². The van der Waals surface area contributed by atoms with Crippen LogP contribution in [0.1, 0.15) is 80.1 Å². The second-order valence-corrected chi connectivity index (χ2v) is 9.75. The van der Waals surface area contributed by atoms with Gasteiger partial charge in [-0.3, -0.25) is 9.59 Å². The minimum atomic E-state index is -0.216. The smallest absolute Gasteiger partial charge is 0.253 e. The zero-order valence-corrected chi connectivity index (χ0v) is 20.9. The van der Waals surface area contributed by atoms with Crippen molar-refractivity contribution in [2.45, 2.75) is 70.8 Å². The van der Waals surface area contributed by atoms with Gasteiger partial charge in [0.05, 0.1) is 10.6 Å². The van der Waals surface area contributed by atoms with Crippen LogP contribution in [0.15, 0.2) is 47.0 Å². The van der Waals surface area contributed by atoms with E-state index in [1.165, 1.54) is 12.0 Å². The van der Waals surface area contributed by atoms with E-state index in [0.29, 0.717) is 40.3 Å². The maximum atomic E-state index is 12.7. The third-order valence-electron chi connectivity index (χ3n) is 6.30. The molecule has 0 radical (unpaired) electrons. The molecule has 8 heteroatoms. The maximum Gasteiger partial charge on any atom is 0.253 e. The molecule has 4 rings (SSSR count). The lowest BCUT2D eigenvalue weighted by Gasteiger charge is -2.23. The van der Waals surface area contributed by atoms with Gasteiger partial charge in [0.2, 0.25) is 17.6 Å². The predicted molar refractivity (Wildman–Crippen MR) is 137 cm³/mol. The molecule has 1 saturated carbocycles. The van der Waals surface area contributed by atoms with Gasteiger partial charge in [-0.15, -0.1) is 0 Å². The first-order valence-corrected chi connectivity index (χ1v) is 12.6. The first-order chi connectivity index (χ1) is 16.9. The average Bonchev–Trinajstić information content (AvgIpc) is 3.34. The van der Waals surface area contributed by atoms with Crippen LogP contribution in [0.2, 0.25) is 5.02 Å². The Morgan fingerprint density at radius 1 is 1.09 bits per heavy atom. The van der Waals surface area contributed by atoms with Crippen molar-refractivity contribution in [3.63, 3.8) is 0 Å². The van der Waals surface area contributed by atoms with Gasteiger partial charge in [-0.25, -0.2) is 0 Å². The Kier molecular flexibility index (Phi) is 8.18. The number of benzene rings is 2. The Hall–Kier alpha value is -3.19. The molecule has 0 unspecified atom stereocenters. The summed E-state index contributed by atoms with van der Waals surface area (Å²) in [4.78, 5) is 29.6. The van der Waals surface area contributed by atoms with Crippen LogP contribution >= 0.6 is 11.6 Å². The van der Waals surface area contributed by atoms with Crippen LogP contribution in [0.25, 0.3) is 11.4 Å². The predicted octanol–water partition coefficient (Wildman–Crippen LogP) is 6.15. The van der Waals surface area contributed by atoms with E-state index in [0.717, 1.165) is 31.2 Å². The minimum Gasteiger partial charge on any atom is -0.349 e. The van der Waals surface area contributed by atoms with Crippen molar-refractivity contribution in [2.24, 2.45) is 0 Å². The number of nitrogens with zero attached hydrogens (tertiary/aromatic N) is 2. The Bertz CT molecular complexity index is 1170. The van der Waals surface area contributed by atoms with Gasteiger partial charge in [0.1, 0.15) is 0 Å². The molecule has 184 valence electrons. The van der Waals surface area contributed by atoms with Crippen LogP contribution in [-0.2, 0) is 11.2 Å². The summed E-state index contributed by atoms with van der Waals surface area (Å²) in [6.07, 6.45) is 5.92. The van der Waals surface area contributed by atoms with E-state index in [-0.39, 0.29) is 24.3 Å². The van der Waals surface area contributed by atoms with Gasteiger partial charge < -0.3 is 15.2 Å². The summed E-state index contributed by atoms with van der Waals surface area (Å²) in [5, 5.41) is 10.3. The van der Waals surface area contributed by atoms with E-state index in [9.17, 15) is 9.59 Å². The molecule has 2 amide bonds. The number of carbonyl (C=O) groups excluding carboxylic acids is 2. The van der Waals surface area contributed by atoms with Crippen LogP contribution < -0.4 is 10.6 Å². The lowest BCUT2D eigenvalue weighted by molar-refractivity contribution is -0.116. The zero-order valence-electron chi connectivity index (χ0n) is 20.1. The number of carbonyl (C=O) groups is 2. The summed E-state index contributed by atoms with van der Waals surface area (Å²) < 4.78 is 5.32. The molecule has 3 aromatic rings. The minimum absolute atomic E-state index is 0.167. The van der Waals surface area contributed by atoms with Crippen LogP contribution in [-0.4, -0.2) is 28.0 Å². The summed E-state index contributed by atoms with van der Waals surface area (Å²) in [6.45, 7) is 4.28. The molecule has 0 bridgehead atoms. The zero-order chi connectivity index (χ0) is 24.8. The normalized spacial score (nSPS) is 14.2. The van der Waals surface area contributed by atoms with Crippen LogP contribution in [0.5, 0.6) is 0 Å². The lowest BCUT2D eigenvalue weighted by Crippen LogP contribution is -2.36. The number of rotatable bonds is 8. The van der Waals surface area contributed by atoms with E-state index in [4.69, 9.17) is 16.1 Å². The topological polar surface area (TPSA) is 97.1 Å². The van der Waals surface area contributed by atoms with Crippen molar-refractivity contribution in [2.75, 3.05) is 5.32 Å². The van der Waals surface area contributed by atoms with Crippen molar-refractivity contribution >= 4 is 29.1 Å². The highest BCUT2D eigenvalue weighted by atomic mass is 35.5. The fraction of sp³-hybridized carbons (Fsp3) is 0.407. The van der Waals surface area contributed by atoms with Crippen LogP contribution in [0.3, 0.4) is 0 Å². The fourth-order valence-electron chi connectivity index (χ4n) is 4.22. The molecule has 1 aliphatic rings. The number of nitrogens with one attached hydrogen (secondary N) is 2. The van der Waals surface area contributed by atoms with Crippen molar-refractivity contribution in [1.82, 2.24) is 15.5 Å².